The molecule has 2 aromatic rings. The van der Waals surface area contributed by atoms with Crippen LogP contribution in [0.4, 0.5) is 4.39 Å². The zero-order valence-corrected chi connectivity index (χ0v) is 9.82. The van der Waals surface area contributed by atoms with E-state index in [0.29, 0.717) is 11.2 Å². The molecule has 0 radical (unpaired) electrons. The third-order valence-corrected chi connectivity index (χ3v) is 3.15. The van der Waals surface area contributed by atoms with Crippen molar-refractivity contribution in [3.63, 3.8) is 0 Å². The smallest absolute Gasteiger partial charge is 0.168 e. The highest BCUT2D eigenvalue weighted by atomic mass is 19.1. The number of aryl methyl sites for hydroxylation is 1. The fourth-order valence-corrected chi connectivity index (χ4v) is 2.22. The van der Waals surface area contributed by atoms with Gasteiger partial charge >= 0.3 is 0 Å². The first-order valence-electron chi connectivity index (χ1n) is 5.75. The normalized spacial score (nSPS) is 28.1. The lowest BCUT2D eigenvalue weighted by Gasteiger charge is -2.15. The minimum absolute atomic E-state index is 0.183. The molecule has 96 valence electrons. The molecular weight excluding hydrogens is 239 g/mol. The van der Waals surface area contributed by atoms with Crippen LogP contribution in [0, 0.1) is 6.92 Å². The maximum atomic E-state index is 13.9. The summed E-state index contributed by atoms with van der Waals surface area (Å²) in [5.41, 5.74) is 1.93. The maximum Gasteiger partial charge on any atom is 0.168 e. The van der Waals surface area contributed by atoms with E-state index in [-0.39, 0.29) is 13.0 Å². The summed E-state index contributed by atoms with van der Waals surface area (Å²) in [5, 5.41) is 9.01. The van der Waals surface area contributed by atoms with Gasteiger partial charge in [-0.3, -0.25) is 4.57 Å². The van der Waals surface area contributed by atoms with E-state index in [9.17, 15) is 4.39 Å². The highest BCUT2D eigenvalue weighted by Crippen LogP contribution is 2.32. The van der Waals surface area contributed by atoms with E-state index in [1.165, 1.54) is 12.7 Å². The number of imidazole rings is 1. The molecule has 0 spiro atoms. The van der Waals surface area contributed by atoms with Crippen LogP contribution in [0.5, 0.6) is 0 Å². The van der Waals surface area contributed by atoms with Gasteiger partial charge in [0.15, 0.2) is 11.9 Å². The first-order valence-corrected chi connectivity index (χ1v) is 5.75. The average molecular weight is 252 g/mol. The second-order valence-corrected chi connectivity index (χ2v) is 4.37. The number of fused-ring (bicyclic) bond motifs is 1. The number of rotatable bonds is 2. The molecule has 3 heterocycles. The van der Waals surface area contributed by atoms with Crippen LogP contribution in [0.15, 0.2) is 12.7 Å². The molecule has 0 aromatic carbocycles. The van der Waals surface area contributed by atoms with E-state index in [1.54, 1.807) is 4.57 Å². The van der Waals surface area contributed by atoms with E-state index in [0.717, 1.165) is 5.69 Å². The van der Waals surface area contributed by atoms with Crippen LogP contribution in [0.1, 0.15) is 18.3 Å². The quantitative estimate of drug-likeness (QED) is 0.854. The largest absolute Gasteiger partial charge is 0.394 e. The molecule has 1 aliphatic heterocycles. The van der Waals surface area contributed by atoms with Gasteiger partial charge in [-0.05, 0) is 6.92 Å². The van der Waals surface area contributed by atoms with E-state index in [2.05, 4.69) is 15.0 Å². The highest BCUT2D eigenvalue weighted by Gasteiger charge is 2.37. The molecule has 2 aromatic heterocycles. The zero-order valence-electron chi connectivity index (χ0n) is 9.82. The van der Waals surface area contributed by atoms with Gasteiger partial charge in [0.25, 0.3) is 0 Å². The molecular formula is C11H13FN4O2. The monoisotopic (exact) mass is 252 g/mol. The number of halogens is 1. The standard InChI is InChI=1S/C11H13FN4O2/c1-6-9-10(14-4-13-6)16(5-15-9)11-8(12)2-7(3-17)18-11/h4-5,7-8,11,17H,2-3H2,1H3/t7-,8-,11+/m0/s1. The van der Waals surface area contributed by atoms with Crippen LogP contribution in [-0.2, 0) is 4.74 Å². The van der Waals surface area contributed by atoms with E-state index < -0.39 is 18.5 Å². The fourth-order valence-electron chi connectivity index (χ4n) is 2.22. The summed E-state index contributed by atoms with van der Waals surface area (Å²) in [7, 11) is 0. The van der Waals surface area contributed by atoms with E-state index in [4.69, 9.17) is 9.84 Å². The number of alkyl halides is 1. The summed E-state index contributed by atoms with van der Waals surface area (Å²) in [4.78, 5) is 12.3. The van der Waals surface area contributed by atoms with Crippen LogP contribution in [0.3, 0.4) is 0 Å². The summed E-state index contributed by atoms with van der Waals surface area (Å²) >= 11 is 0. The van der Waals surface area contributed by atoms with Gasteiger partial charge in [0, 0.05) is 6.42 Å². The molecule has 7 heteroatoms. The van der Waals surface area contributed by atoms with Crippen LogP contribution >= 0.6 is 0 Å². The molecule has 1 aliphatic rings. The Bertz CT molecular complexity index is 573. The third kappa shape index (κ3) is 1.67. The molecule has 3 rings (SSSR count). The van der Waals surface area contributed by atoms with Crippen molar-refractivity contribution in [2.75, 3.05) is 6.61 Å². The third-order valence-electron chi connectivity index (χ3n) is 3.15. The lowest BCUT2D eigenvalue weighted by molar-refractivity contribution is -0.0351. The number of aliphatic hydroxyl groups is 1. The second kappa shape index (κ2) is 4.25. The van der Waals surface area contributed by atoms with Crippen molar-refractivity contribution in [3.05, 3.63) is 18.3 Å². The number of aromatic nitrogens is 4. The molecule has 1 saturated heterocycles. The minimum Gasteiger partial charge on any atom is -0.394 e. The number of hydrogen-bond donors (Lipinski definition) is 1. The lowest BCUT2D eigenvalue weighted by atomic mass is 10.2. The summed E-state index contributed by atoms with van der Waals surface area (Å²) in [6.45, 7) is 1.64. The second-order valence-electron chi connectivity index (χ2n) is 4.37. The molecule has 3 atom stereocenters. The van der Waals surface area contributed by atoms with Crippen molar-refractivity contribution in [2.45, 2.75) is 31.8 Å². The molecule has 0 unspecified atom stereocenters. The van der Waals surface area contributed by atoms with Crippen molar-refractivity contribution >= 4 is 11.2 Å². The van der Waals surface area contributed by atoms with E-state index >= 15 is 0 Å². The molecule has 1 fully saturated rings. The minimum atomic E-state index is -1.17. The Morgan fingerprint density at radius 1 is 1.50 bits per heavy atom. The Hall–Kier alpha value is -1.60. The van der Waals surface area contributed by atoms with Crippen molar-refractivity contribution in [1.29, 1.82) is 0 Å². The van der Waals surface area contributed by atoms with E-state index in [1.807, 2.05) is 6.92 Å². The number of ether oxygens (including phenoxy) is 1. The summed E-state index contributed by atoms with van der Waals surface area (Å²) in [6, 6.07) is 0. The molecule has 0 bridgehead atoms. The predicted molar refractivity (Wildman–Crippen MR) is 60.6 cm³/mol. The van der Waals surface area contributed by atoms with Crippen LogP contribution in [0.2, 0.25) is 0 Å². The summed E-state index contributed by atoms with van der Waals surface area (Å²) < 4.78 is 20.9. The Labute approximate surface area is 102 Å². The zero-order chi connectivity index (χ0) is 12.7. The Morgan fingerprint density at radius 3 is 3.06 bits per heavy atom. The first-order chi connectivity index (χ1) is 8.70. The molecule has 6 nitrogen and oxygen atoms in total. The molecule has 1 N–H and O–H groups in total. The van der Waals surface area contributed by atoms with Gasteiger partial charge in [0.05, 0.1) is 24.7 Å². The van der Waals surface area contributed by atoms with Crippen molar-refractivity contribution in [1.82, 2.24) is 19.5 Å². The first kappa shape index (κ1) is 11.5. The highest BCUT2D eigenvalue weighted by molar-refractivity contribution is 5.72. The number of nitrogens with zero attached hydrogens (tertiary/aromatic N) is 4. The van der Waals surface area contributed by atoms with Gasteiger partial charge < -0.3 is 9.84 Å². The van der Waals surface area contributed by atoms with Crippen LogP contribution in [0.25, 0.3) is 11.2 Å². The SMILES string of the molecule is Cc1ncnc2c1ncn2[C@@H]1O[C@H](CO)C[C@@H]1F. The van der Waals surface area contributed by atoms with Crippen molar-refractivity contribution < 1.29 is 14.2 Å². The number of aliphatic hydroxyl groups excluding tert-OH is 1. The Balaban J connectivity index is 2.02. The molecule has 18 heavy (non-hydrogen) atoms. The molecule has 0 amide bonds. The van der Waals surface area contributed by atoms with Gasteiger partial charge in [0.2, 0.25) is 0 Å². The van der Waals surface area contributed by atoms with Crippen molar-refractivity contribution in [2.24, 2.45) is 0 Å². The topological polar surface area (TPSA) is 73.1 Å². The van der Waals surface area contributed by atoms with Crippen LogP contribution < -0.4 is 0 Å². The maximum absolute atomic E-state index is 13.9. The van der Waals surface area contributed by atoms with Gasteiger partial charge in [0.1, 0.15) is 18.0 Å². The molecule has 0 saturated carbocycles. The number of hydrogen-bond acceptors (Lipinski definition) is 5. The lowest BCUT2D eigenvalue weighted by Crippen LogP contribution is -2.16. The summed E-state index contributed by atoms with van der Waals surface area (Å²) in [5.74, 6) is 0. The Kier molecular flexibility index (Phi) is 2.71. The van der Waals surface area contributed by atoms with Gasteiger partial charge in [-0.25, -0.2) is 19.3 Å². The van der Waals surface area contributed by atoms with Gasteiger partial charge in [-0.2, -0.15) is 0 Å². The Morgan fingerprint density at radius 2 is 2.33 bits per heavy atom. The van der Waals surface area contributed by atoms with Gasteiger partial charge in [-0.15, -0.1) is 0 Å². The molecule has 0 aliphatic carbocycles. The predicted octanol–water partition coefficient (Wildman–Crippen LogP) is 0.753. The van der Waals surface area contributed by atoms with Gasteiger partial charge in [-0.1, -0.05) is 0 Å². The average Bonchev–Trinajstić information content (AvgIpc) is 2.93. The van der Waals surface area contributed by atoms with Crippen molar-refractivity contribution in [3.8, 4) is 0 Å². The van der Waals surface area contributed by atoms with Crippen LogP contribution in [-0.4, -0.2) is 43.5 Å². The summed E-state index contributed by atoms with van der Waals surface area (Å²) in [6.07, 6.45) is 0.692. The fraction of sp³-hybridized carbons (Fsp3) is 0.545.